The molecule has 1 amide bonds. The number of rotatable bonds is 11. The van der Waals surface area contributed by atoms with Crippen LogP contribution in [0.4, 0.5) is 4.39 Å². The second-order valence-electron chi connectivity index (χ2n) is 9.17. The van der Waals surface area contributed by atoms with E-state index >= 15 is 0 Å². The molecule has 0 spiro atoms. The quantitative estimate of drug-likeness (QED) is 0.383. The Morgan fingerprint density at radius 3 is 2.59 bits per heavy atom. The van der Waals surface area contributed by atoms with E-state index in [0.29, 0.717) is 61.1 Å². The summed E-state index contributed by atoms with van der Waals surface area (Å²) < 4.78 is 25.0. The molecule has 0 aromatic heterocycles. The van der Waals surface area contributed by atoms with Gasteiger partial charge >= 0.3 is 0 Å². The van der Waals surface area contributed by atoms with Crippen molar-refractivity contribution < 1.29 is 18.7 Å². The monoisotopic (exact) mass is 525 g/mol. The molecule has 1 aliphatic rings. The summed E-state index contributed by atoms with van der Waals surface area (Å²) in [5.41, 5.74) is 2.63. The lowest BCUT2D eigenvalue weighted by Gasteiger charge is -2.23. The highest BCUT2D eigenvalue weighted by Crippen LogP contribution is 2.31. The Labute approximate surface area is 222 Å². The summed E-state index contributed by atoms with van der Waals surface area (Å²) in [5, 5.41) is 7.28. The lowest BCUT2D eigenvalue weighted by Crippen LogP contribution is -2.43. The number of para-hydroxylation sites is 1. The van der Waals surface area contributed by atoms with E-state index in [1.165, 1.54) is 6.07 Å². The van der Waals surface area contributed by atoms with Crippen LogP contribution < -0.4 is 20.1 Å². The highest BCUT2D eigenvalue weighted by atomic mass is 35.5. The number of hydrogen-bond acceptors (Lipinski definition) is 5. The van der Waals surface area contributed by atoms with Crippen LogP contribution in [0.5, 0.6) is 11.5 Å². The van der Waals surface area contributed by atoms with Gasteiger partial charge in [-0.05, 0) is 48.2 Å². The third-order valence-electron chi connectivity index (χ3n) is 6.70. The first kappa shape index (κ1) is 26.9. The van der Waals surface area contributed by atoms with E-state index in [0.717, 1.165) is 11.1 Å². The third-order valence-corrected chi connectivity index (χ3v) is 6.93. The van der Waals surface area contributed by atoms with Crippen molar-refractivity contribution in [1.82, 2.24) is 15.5 Å². The topological polar surface area (TPSA) is 62.8 Å². The van der Waals surface area contributed by atoms with Gasteiger partial charge in [0.1, 0.15) is 5.82 Å². The Morgan fingerprint density at radius 2 is 1.84 bits per heavy atom. The van der Waals surface area contributed by atoms with Gasteiger partial charge in [0.15, 0.2) is 11.5 Å². The van der Waals surface area contributed by atoms with Crippen LogP contribution in [-0.2, 0) is 24.3 Å². The number of halogens is 2. The average molecular weight is 526 g/mol. The number of likely N-dealkylation sites (tertiary alicyclic amines) is 1. The molecule has 196 valence electrons. The van der Waals surface area contributed by atoms with Crippen LogP contribution in [0.25, 0.3) is 0 Å². The fourth-order valence-corrected chi connectivity index (χ4v) is 5.07. The number of hydrogen-bond donors (Lipinski definition) is 2. The highest BCUT2D eigenvalue weighted by Gasteiger charge is 2.36. The van der Waals surface area contributed by atoms with Crippen molar-refractivity contribution in [2.45, 2.75) is 38.0 Å². The number of amides is 1. The van der Waals surface area contributed by atoms with Gasteiger partial charge in [-0.1, -0.05) is 54.1 Å². The van der Waals surface area contributed by atoms with Gasteiger partial charge in [-0.25, -0.2) is 4.39 Å². The summed E-state index contributed by atoms with van der Waals surface area (Å²) in [6.45, 7) is 2.26. The zero-order valence-corrected chi connectivity index (χ0v) is 21.9. The van der Waals surface area contributed by atoms with E-state index < -0.39 is 0 Å². The summed E-state index contributed by atoms with van der Waals surface area (Å²) >= 11 is 6.21. The minimum absolute atomic E-state index is 0.0540. The second-order valence-corrected chi connectivity index (χ2v) is 9.61. The van der Waals surface area contributed by atoms with Gasteiger partial charge in [0.25, 0.3) is 0 Å². The van der Waals surface area contributed by atoms with Crippen LogP contribution in [0.1, 0.15) is 23.1 Å². The van der Waals surface area contributed by atoms with E-state index in [1.807, 2.05) is 42.5 Å². The molecule has 2 unspecified atom stereocenters. The van der Waals surface area contributed by atoms with Gasteiger partial charge in [0, 0.05) is 42.8 Å². The number of benzene rings is 3. The minimum atomic E-state index is -0.315. The zero-order chi connectivity index (χ0) is 26.2. The molecule has 37 heavy (non-hydrogen) atoms. The molecule has 3 aromatic carbocycles. The molecule has 1 heterocycles. The summed E-state index contributed by atoms with van der Waals surface area (Å²) in [6, 6.07) is 19.9. The van der Waals surface area contributed by atoms with Crippen molar-refractivity contribution in [3.8, 4) is 11.5 Å². The van der Waals surface area contributed by atoms with Crippen molar-refractivity contribution in [2.75, 3.05) is 27.3 Å². The van der Waals surface area contributed by atoms with Gasteiger partial charge in [-0.3, -0.25) is 9.69 Å². The highest BCUT2D eigenvalue weighted by molar-refractivity contribution is 6.30. The normalized spacial score (nSPS) is 17.5. The molecule has 0 radical (unpaired) electrons. The van der Waals surface area contributed by atoms with Crippen molar-refractivity contribution in [2.24, 2.45) is 0 Å². The summed E-state index contributed by atoms with van der Waals surface area (Å²) in [5.74, 6) is 1.08. The number of carbonyl (C=O) groups excluding carboxylic acids is 1. The molecule has 0 bridgehead atoms. The van der Waals surface area contributed by atoms with E-state index in [2.05, 4.69) is 15.5 Å². The Morgan fingerprint density at radius 1 is 1.05 bits per heavy atom. The van der Waals surface area contributed by atoms with Gasteiger partial charge in [0.2, 0.25) is 5.91 Å². The van der Waals surface area contributed by atoms with Crippen LogP contribution in [0.2, 0.25) is 5.02 Å². The molecule has 8 heteroatoms. The van der Waals surface area contributed by atoms with E-state index in [-0.39, 0.29) is 23.8 Å². The molecule has 1 aliphatic heterocycles. The van der Waals surface area contributed by atoms with Crippen molar-refractivity contribution in [3.05, 3.63) is 94.3 Å². The molecule has 0 aliphatic carbocycles. The largest absolute Gasteiger partial charge is 0.493 e. The maximum absolute atomic E-state index is 14.0. The zero-order valence-electron chi connectivity index (χ0n) is 21.2. The molecular weight excluding hydrogens is 493 g/mol. The molecule has 4 rings (SSSR count). The lowest BCUT2D eigenvalue weighted by atomic mass is 10.1. The Kier molecular flexibility index (Phi) is 9.39. The number of carbonyl (C=O) groups is 1. The number of ether oxygens (including phenoxy) is 2. The van der Waals surface area contributed by atoms with Gasteiger partial charge in [0.05, 0.1) is 20.3 Å². The Bertz CT molecular complexity index is 1210. The molecule has 6 nitrogen and oxygen atoms in total. The van der Waals surface area contributed by atoms with Crippen molar-refractivity contribution >= 4 is 17.5 Å². The number of nitrogens with one attached hydrogen (secondary N) is 2. The molecule has 1 saturated heterocycles. The SMILES string of the molecule is COc1cccc(CNC2CC(C(=O)NCCc3ccccc3F)N(Cc3cccc(Cl)c3)C2)c1OC. The standard InChI is InChI=1S/C29H33ClFN3O3/c1-36-27-12-6-9-22(28(27)37-2)17-33-24-16-26(34(19-24)18-20-7-5-10-23(30)15-20)29(35)32-14-13-21-8-3-4-11-25(21)31/h3-12,15,24,26,33H,13-14,16-19H2,1-2H3,(H,32,35). The maximum atomic E-state index is 14.0. The molecule has 2 atom stereocenters. The van der Waals surface area contributed by atoms with E-state index in [1.54, 1.807) is 32.4 Å². The average Bonchev–Trinajstić information content (AvgIpc) is 3.30. The van der Waals surface area contributed by atoms with Gasteiger partial charge < -0.3 is 20.1 Å². The van der Waals surface area contributed by atoms with Crippen LogP contribution in [0, 0.1) is 5.82 Å². The Hall–Kier alpha value is -3.13. The Balaban J connectivity index is 1.42. The molecule has 0 saturated carbocycles. The van der Waals surface area contributed by atoms with Crippen LogP contribution >= 0.6 is 11.6 Å². The molecule has 2 N–H and O–H groups in total. The lowest BCUT2D eigenvalue weighted by molar-refractivity contribution is -0.125. The molecular formula is C29H33ClFN3O3. The minimum Gasteiger partial charge on any atom is -0.493 e. The van der Waals surface area contributed by atoms with Crippen LogP contribution in [0.3, 0.4) is 0 Å². The molecule has 3 aromatic rings. The van der Waals surface area contributed by atoms with E-state index in [9.17, 15) is 9.18 Å². The fraction of sp³-hybridized carbons (Fsp3) is 0.345. The predicted molar refractivity (Wildman–Crippen MR) is 144 cm³/mol. The van der Waals surface area contributed by atoms with Gasteiger partial charge in [-0.2, -0.15) is 0 Å². The summed E-state index contributed by atoms with van der Waals surface area (Å²) in [6.07, 6.45) is 1.09. The summed E-state index contributed by atoms with van der Waals surface area (Å²) in [7, 11) is 3.25. The smallest absolute Gasteiger partial charge is 0.237 e. The first-order valence-corrected chi connectivity index (χ1v) is 12.8. The number of methoxy groups -OCH3 is 2. The maximum Gasteiger partial charge on any atom is 0.237 e. The fourth-order valence-electron chi connectivity index (χ4n) is 4.86. The van der Waals surface area contributed by atoms with Crippen molar-refractivity contribution in [1.29, 1.82) is 0 Å². The first-order valence-electron chi connectivity index (χ1n) is 12.4. The van der Waals surface area contributed by atoms with E-state index in [4.69, 9.17) is 21.1 Å². The van der Waals surface area contributed by atoms with Crippen molar-refractivity contribution in [3.63, 3.8) is 0 Å². The van der Waals surface area contributed by atoms with Crippen LogP contribution in [-0.4, -0.2) is 50.2 Å². The first-order chi connectivity index (χ1) is 18.0. The third kappa shape index (κ3) is 7.01. The van der Waals surface area contributed by atoms with Gasteiger partial charge in [-0.15, -0.1) is 0 Å². The molecule has 1 fully saturated rings. The van der Waals surface area contributed by atoms with Crippen LogP contribution in [0.15, 0.2) is 66.7 Å². The second kappa shape index (κ2) is 12.9. The predicted octanol–water partition coefficient (Wildman–Crippen LogP) is 4.59. The number of nitrogens with zero attached hydrogens (tertiary/aromatic N) is 1. The summed E-state index contributed by atoms with van der Waals surface area (Å²) in [4.78, 5) is 15.4.